The zero-order chi connectivity index (χ0) is 19.7. The second-order valence-corrected chi connectivity index (χ2v) is 9.35. The molecule has 1 aliphatic carbocycles. The van der Waals surface area contributed by atoms with E-state index in [9.17, 15) is 4.79 Å². The van der Waals surface area contributed by atoms with Crippen LogP contribution in [0.4, 0.5) is 10.5 Å². The molecule has 2 heterocycles. The first kappa shape index (κ1) is 19.8. The minimum absolute atomic E-state index is 0.0770. The van der Waals surface area contributed by atoms with Gasteiger partial charge in [-0.25, -0.2) is 4.79 Å². The molecule has 1 saturated carbocycles. The molecule has 1 amide bonds. The number of hydrogen-bond donors (Lipinski definition) is 1. The number of amides is 1. The van der Waals surface area contributed by atoms with E-state index < -0.39 is 0 Å². The van der Waals surface area contributed by atoms with Crippen molar-refractivity contribution >= 4 is 11.8 Å². The van der Waals surface area contributed by atoms with E-state index in [1.807, 2.05) is 12.1 Å². The Bertz CT molecular complexity index is 684. The second-order valence-electron chi connectivity index (χ2n) is 9.35. The third kappa shape index (κ3) is 4.07. The summed E-state index contributed by atoms with van der Waals surface area (Å²) >= 11 is 0. The van der Waals surface area contributed by atoms with E-state index >= 15 is 0 Å². The van der Waals surface area contributed by atoms with Gasteiger partial charge in [-0.2, -0.15) is 0 Å². The molecule has 0 radical (unpaired) electrons. The molecule has 154 valence electrons. The van der Waals surface area contributed by atoms with E-state index in [1.54, 1.807) is 0 Å². The van der Waals surface area contributed by atoms with E-state index in [0.717, 1.165) is 23.2 Å². The van der Waals surface area contributed by atoms with Crippen LogP contribution >= 0.6 is 0 Å². The third-order valence-electron chi connectivity index (χ3n) is 7.22. The van der Waals surface area contributed by atoms with E-state index in [2.05, 4.69) is 37.1 Å². The number of rotatable bonds is 5. The first-order valence-electron chi connectivity index (χ1n) is 11.4. The van der Waals surface area contributed by atoms with Gasteiger partial charge in [0.15, 0.2) is 0 Å². The van der Waals surface area contributed by atoms with E-state index in [0.29, 0.717) is 23.9 Å². The molecule has 4 heteroatoms. The lowest BCUT2D eigenvalue weighted by Crippen LogP contribution is -2.55. The zero-order valence-corrected chi connectivity index (χ0v) is 17.7. The van der Waals surface area contributed by atoms with E-state index in [-0.39, 0.29) is 12.2 Å². The van der Waals surface area contributed by atoms with Crippen molar-refractivity contribution in [3.8, 4) is 0 Å². The molecular formula is C24H36N2O2. The Morgan fingerprint density at radius 1 is 1.18 bits per heavy atom. The van der Waals surface area contributed by atoms with Gasteiger partial charge in [0, 0.05) is 23.7 Å². The van der Waals surface area contributed by atoms with Crippen LogP contribution in [0.25, 0.3) is 0 Å². The Morgan fingerprint density at radius 2 is 1.96 bits per heavy atom. The van der Waals surface area contributed by atoms with Crippen molar-refractivity contribution in [3.05, 3.63) is 29.3 Å². The van der Waals surface area contributed by atoms with Crippen LogP contribution in [0, 0.1) is 25.7 Å². The number of nitrogens with zero attached hydrogens (tertiary/aromatic N) is 1. The van der Waals surface area contributed by atoms with Gasteiger partial charge >= 0.3 is 6.09 Å². The van der Waals surface area contributed by atoms with Gasteiger partial charge in [-0.3, -0.25) is 10.2 Å². The predicted molar refractivity (Wildman–Crippen MR) is 114 cm³/mol. The molecule has 4 rings (SSSR count). The van der Waals surface area contributed by atoms with E-state index in [1.165, 1.54) is 51.5 Å². The lowest BCUT2D eigenvalue weighted by Gasteiger charge is -2.49. The maximum atomic E-state index is 12.6. The van der Waals surface area contributed by atoms with Crippen LogP contribution in [-0.4, -0.2) is 35.7 Å². The first-order valence-corrected chi connectivity index (χ1v) is 11.4. The average molecular weight is 385 g/mol. The van der Waals surface area contributed by atoms with Gasteiger partial charge in [-0.15, -0.1) is 0 Å². The molecule has 1 aromatic carbocycles. The van der Waals surface area contributed by atoms with Gasteiger partial charge in [0.1, 0.15) is 6.10 Å². The van der Waals surface area contributed by atoms with Crippen LogP contribution in [0.1, 0.15) is 69.4 Å². The molecule has 2 bridgehead atoms. The molecule has 4 nitrogen and oxygen atoms in total. The molecule has 2 aliphatic heterocycles. The zero-order valence-electron chi connectivity index (χ0n) is 17.7. The predicted octanol–water partition coefficient (Wildman–Crippen LogP) is 5.67. The normalized spacial score (nSPS) is 32.0. The highest BCUT2D eigenvalue weighted by molar-refractivity contribution is 5.85. The lowest BCUT2D eigenvalue weighted by atomic mass is 9.79. The Labute approximate surface area is 170 Å². The Kier molecular flexibility index (Phi) is 5.96. The number of ether oxygens (including phenoxy) is 1. The highest BCUT2D eigenvalue weighted by Gasteiger charge is 2.52. The topological polar surface area (TPSA) is 41.6 Å². The van der Waals surface area contributed by atoms with Gasteiger partial charge in [0.05, 0.1) is 0 Å². The van der Waals surface area contributed by atoms with Crippen LogP contribution in [0.15, 0.2) is 18.2 Å². The maximum absolute atomic E-state index is 12.6. The molecule has 1 aromatic rings. The molecule has 1 N–H and O–H groups in total. The number of carbonyl (C=O) groups excluding carboxylic acids is 1. The third-order valence-corrected chi connectivity index (χ3v) is 7.22. The largest absolute Gasteiger partial charge is 0.446 e. The number of benzene rings is 1. The van der Waals surface area contributed by atoms with Crippen LogP contribution in [0.5, 0.6) is 0 Å². The Hall–Kier alpha value is -1.55. The summed E-state index contributed by atoms with van der Waals surface area (Å²) in [6.07, 6.45) is 9.91. The molecule has 3 aliphatic rings. The first-order chi connectivity index (χ1) is 13.5. The number of piperidine rings is 2. The maximum Gasteiger partial charge on any atom is 0.411 e. The number of nitrogens with one attached hydrogen (secondary N) is 1. The van der Waals surface area contributed by atoms with Gasteiger partial charge < -0.3 is 4.74 Å². The van der Waals surface area contributed by atoms with Crippen LogP contribution in [-0.2, 0) is 4.74 Å². The van der Waals surface area contributed by atoms with Crippen molar-refractivity contribution in [2.24, 2.45) is 11.8 Å². The van der Waals surface area contributed by atoms with Crippen LogP contribution < -0.4 is 5.32 Å². The SMILES string of the molecule is CCCC[C@H]1[C@@H]2C[C@H]([C@H]3CCCCN31)[C@H](OC(=O)Nc1cc(C)cc(C)c1)C2. The molecule has 0 aromatic heterocycles. The standard InChI is InChI=1S/C24H36N2O2/c1-4-5-8-21-18-14-20(22-9-6-7-10-26(21)22)23(15-18)28-24(27)25-19-12-16(2)11-17(3)13-19/h11-13,18,20-23H,4-10,14-15H2,1-3H3,(H,25,27)/t18-,20-,21+,22-,23-/m1/s1. The molecular weight excluding hydrogens is 348 g/mol. The number of fused-ring (bicyclic) bond motifs is 4. The summed E-state index contributed by atoms with van der Waals surface area (Å²) < 4.78 is 6.03. The fourth-order valence-electron chi connectivity index (χ4n) is 6.19. The number of unbranched alkanes of at least 4 members (excludes halogenated alkanes) is 1. The monoisotopic (exact) mass is 384 g/mol. The quantitative estimate of drug-likeness (QED) is 0.711. The Morgan fingerprint density at radius 3 is 2.71 bits per heavy atom. The molecule has 3 fully saturated rings. The van der Waals surface area contributed by atoms with Gasteiger partial charge in [0.2, 0.25) is 0 Å². The van der Waals surface area contributed by atoms with Crippen molar-refractivity contribution in [3.63, 3.8) is 0 Å². The number of hydrogen-bond acceptors (Lipinski definition) is 3. The molecule has 28 heavy (non-hydrogen) atoms. The van der Waals surface area contributed by atoms with Gasteiger partial charge in [-0.05, 0) is 81.7 Å². The molecule has 2 saturated heterocycles. The summed E-state index contributed by atoms with van der Waals surface area (Å²) in [4.78, 5) is 15.5. The summed E-state index contributed by atoms with van der Waals surface area (Å²) in [6, 6.07) is 7.45. The molecule has 5 atom stereocenters. The van der Waals surface area contributed by atoms with Crippen LogP contribution in [0.3, 0.4) is 0 Å². The van der Waals surface area contributed by atoms with Crippen molar-refractivity contribution < 1.29 is 9.53 Å². The summed E-state index contributed by atoms with van der Waals surface area (Å²) in [5.74, 6) is 1.22. The van der Waals surface area contributed by atoms with Crippen LogP contribution in [0.2, 0.25) is 0 Å². The van der Waals surface area contributed by atoms with Crippen molar-refractivity contribution in [2.45, 2.75) is 90.3 Å². The number of aryl methyl sites for hydroxylation is 2. The summed E-state index contributed by atoms with van der Waals surface area (Å²) in [6.45, 7) is 7.64. The lowest BCUT2D eigenvalue weighted by molar-refractivity contribution is -0.0177. The van der Waals surface area contributed by atoms with Gasteiger partial charge in [-0.1, -0.05) is 32.3 Å². The highest BCUT2D eigenvalue weighted by Crippen LogP contribution is 2.49. The molecule has 0 spiro atoms. The number of carbonyl (C=O) groups is 1. The number of anilines is 1. The minimum Gasteiger partial charge on any atom is -0.446 e. The van der Waals surface area contributed by atoms with Crippen molar-refractivity contribution in [1.29, 1.82) is 0 Å². The fraction of sp³-hybridized carbons (Fsp3) is 0.708. The molecule has 0 unspecified atom stereocenters. The summed E-state index contributed by atoms with van der Waals surface area (Å²) in [5.41, 5.74) is 3.15. The fourth-order valence-corrected chi connectivity index (χ4v) is 6.19. The Balaban J connectivity index is 1.43. The van der Waals surface area contributed by atoms with E-state index in [4.69, 9.17) is 4.74 Å². The summed E-state index contributed by atoms with van der Waals surface area (Å²) in [7, 11) is 0. The highest BCUT2D eigenvalue weighted by atomic mass is 16.6. The smallest absolute Gasteiger partial charge is 0.411 e. The average Bonchev–Trinajstić information content (AvgIpc) is 3.00. The minimum atomic E-state index is -0.282. The van der Waals surface area contributed by atoms with Crippen molar-refractivity contribution in [1.82, 2.24) is 4.90 Å². The second kappa shape index (κ2) is 8.44. The summed E-state index contributed by atoms with van der Waals surface area (Å²) in [5, 5.41) is 2.97. The van der Waals surface area contributed by atoms with Gasteiger partial charge in [0.25, 0.3) is 0 Å². The van der Waals surface area contributed by atoms with Crippen molar-refractivity contribution in [2.75, 3.05) is 11.9 Å².